The zero-order valence-corrected chi connectivity index (χ0v) is 12.2. The minimum atomic E-state index is 0.470. The molecule has 0 saturated carbocycles. The van der Waals surface area contributed by atoms with Gasteiger partial charge in [0.15, 0.2) is 4.96 Å². The fourth-order valence-electron chi connectivity index (χ4n) is 2.08. The Morgan fingerprint density at radius 1 is 1.30 bits per heavy atom. The first-order valence-electron chi connectivity index (χ1n) is 6.70. The molecule has 3 rings (SSSR count). The number of hydrogen-bond acceptors (Lipinski definition) is 4. The minimum absolute atomic E-state index is 0.470. The Bertz CT molecular complexity index is 700. The summed E-state index contributed by atoms with van der Waals surface area (Å²) in [6.07, 6.45) is 3.02. The molecule has 0 unspecified atom stereocenters. The number of fused-ring (bicyclic) bond motifs is 1. The van der Waals surface area contributed by atoms with Gasteiger partial charge in [0.25, 0.3) is 0 Å². The third-order valence-corrected chi connectivity index (χ3v) is 3.93. The van der Waals surface area contributed by atoms with Gasteiger partial charge in [0.05, 0.1) is 18.0 Å². The van der Waals surface area contributed by atoms with Gasteiger partial charge in [-0.05, 0) is 36.2 Å². The van der Waals surface area contributed by atoms with E-state index in [9.17, 15) is 0 Å². The van der Waals surface area contributed by atoms with Crippen molar-refractivity contribution >= 4 is 16.3 Å². The maximum Gasteiger partial charge on any atom is 0.194 e. The second-order valence-corrected chi connectivity index (χ2v) is 5.42. The van der Waals surface area contributed by atoms with Gasteiger partial charge in [-0.15, -0.1) is 11.3 Å². The Kier molecular flexibility index (Phi) is 3.71. The Hall–Kier alpha value is -1.85. The molecule has 0 radical (unpaired) electrons. The highest BCUT2D eigenvalue weighted by Gasteiger charge is 2.09. The molecule has 0 saturated heterocycles. The van der Waals surface area contributed by atoms with E-state index >= 15 is 0 Å². The summed E-state index contributed by atoms with van der Waals surface area (Å²) in [7, 11) is 0. The fourth-order valence-corrected chi connectivity index (χ4v) is 2.98. The van der Waals surface area contributed by atoms with Crippen molar-refractivity contribution in [3.05, 3.63) is 41.5 Å². The summed E-state index contributed by atoms with van der Waals surface area (Å²) in [4.78, 5) is 5.45. The van der Waals surface area contributed by atoms with Crippen molar-refractivity contribution in [3.8, 4) is 17.0 Å². The molecular formula is C15H17N3OS. The molecule has 0 amide bonds. The van der Waals surface area contributed by atoms with Crippen molar-refractivity contribution in [1.29, 1.82) is 0 Å². The second kappa shape index (κ2) is 5.64. The van der Waals surface area contributed by atoms with Crippen LogP contribution in [0, 0.1) is 0 Å². The van der Waals surface area contributed by atoms with Gasteiger partial charge >= 0.3 is 0 Å². The van der Waals surface area contributed by atoms with Crippen LogP contribution in [-0.2, 0) is 6.54 Å². The predicted molar refractivity (Wildman–Crippen MR) is 82.2 cm³/mol. The lowest BCUT2D eigenvalue weighted by Crippen LogP contribution is -1.95. The van der Waals surface area contributed by atoms with E-state index in [1.807, 2.05) is 18.3 Å². The molecule has 1 aromatic carbocycles. The topological polar surface area (TPSA) is 52.5 Å². The maximum atomic E-state index is 5.64. The predicted octanol–water partition coefficient (Wildman–Crippen LogP) is 3.31. The number of rotatable bonds is 5. The van der Waals surface area contributed by atoms with Gasteiger partial charge in [-0.1, -0.05) is 6.92 Å². The molecule has 3 aromatic rings. The first-order valence-corrected chi connectivity index (χ1v) is 7.58. The van der Waals surface area contributed by atoms with Gasteiger partial charge in [0.1, 0.15) is 5.75 Å². The minimum Gasteiger partial charge on any atom is -0.494 e. The van der Waals surface area contributed by atoms with E-state index in [2.05, 4.69) is 33.8 Å². The highest BCUT2D eigenvalue weighted by Crippen LogP contribution is 2.27. The highest BCUT2D eigenvalue weighted by atomic mass is 32.1. The van der Waals surface area contributed by atoms with E-state index in [-0.39, 0.29) is 0 Å². The van der Waals surface area contributed by atoms with E-state index in [0.717, 1.165) is 40.7 Å². The molecule has 0 aliphatic rings. The number of nitrogens with two attached hydrogens (primary N) is 1. The van der Waals surface area contributed by atoms with Crippen LogP contribution in [0.1, 0.15) is 19.0 Å². The zero-order chi connectivity index (χ0) is 13.9. The summed E-state index contributed by atoms with van der Waals surface area (Å²) in [5, 5.41) is 2.12. The second-order valence-electron chi connectivity index (χ2n) is 4.58. The molecule has 0 fully saturated rings. The average molecular weight is 287 g/mol. The summed E-state index contributed by atoms with van der Waals surface area (Å²) in [5.74, 6) is 0.912. The van der Waals surface area contributed by atoms with E-state index in [4.69, 9.17) is 10.5 Å². The highest BCUT2D eigenvalue weighted by molar-refractivity contribution is 7.15. The van der Waals surface area contributed by atoms with Crippen molar-refractivity contribution in [2.45, 2.75) is 19.9 Å². The van der Waals surface area contributed by atoms with E-state index in [0.29, 0.717) is 6.54 Å². The number of benzene rings is 1. The summed E-state index contributed by atoms with van der Waals surface area (Å²) < 4.78 is 7.70. The smallest absolute Gasteiger partial charge is 0.194 e. The number of hydrogen-bond donors (Lipinski definition) is 1. The molecule has 0 atom stereocenters. The Morgan fingerprint density at radius 2 is 2.10 bits per heavy atom. The molecule has 104 valence electrons. The standard InChI is InChI=1S/C15H17N3OS/c1-2-7-19-13-5-3-11(4-6-13)14-10-20-15-17-12(8-16)9-18(14)15/h3-6,9-10H,2,7-8,16H2,1H3. The summed E-state index contributed by atoms with van der Waals surface area (Å²) in [6, 6.07) is 8.17. The van der Waals surface area contributed by atoms with Gasteiger partial charge in [0.2, 0.25) is 0 Å². The first kappa shape index (κ1) is 13.1. The third-order valence-electron chi connectivity index (χ3n) is 3.09. The van der Waals surface area contributed by atoms with E-state index < -0.39 is 0 Å². The van der Waals surface area contributed by atoms with Crippen LogP contribution < -0.4 is 10.5 Å². The van der Waals surface area contributed by atoms with Crippen molar-refractivity contribution in [2.24, 2.45) is 5.73 Å². The van der Waals surface area contributed by atoms with Gasteiger partial charge < -0.3 is 10.5 Å². The molecular weight excluding hydrogens is 270 g/mol. The van der Waals surface area contributed by atoms with Crippen LogP contribution in [0.25, 0.3) is 16.2 Å². The van der Waals surface area contributed by atoms with E-state index in [1.54, 1.807) is 11.3 Å². The lowest BCUT2D eigenvalue weighted by atomic mass is 10.1. The van der Waals surface area contributed by atoms with Crippen LogP contribution in [0.3, 0.4) is 0 Å². The van der Waals surface area contributed by atoms with Crippen molar-refractivity contribution < 1.29 is 4.74 Å². The van der Waals surface area contributed by atoms with Gasteiger partial charge in [-0.3, -0.25) is 4.40 Å². The molecule has 4 nitrogen and oxygen atoms in total. The number of aromatic nitrogens is 2. The molecule has 20 heavy (non-hydrogen) atoms. The van der Waals surface area contributed by atoms with Crippen molar-refractivity contribution in [1.82, 2.24) is 9.38 Å². The average Bonchev–Trinajstić information content (AvgIpc) is 3.05. The maximum absolute atomic E-state index is 5.64. The largest absolute Gasteiger partial charge is 0.494 e. The summed E-state index contributed by atoms with van der Waals surface area (Å²) in [5.41, 5.74) is 8.85. The molecule has 2 N–H and O–H groups in total. The van der Waals surface area contributed by atoms with Crippen LogP contribution in [-0.4, -0.2) is 16.0 Å². The van der Waals surface area contributed by atoms with Gasteiger partial charge in [-0.2, -0.15) is 0 Å². The summed E-state index contributed by atoms with van der Waals surface area (Å²) >= 11 is 1.63. The normalized spacial score (nSPS) is 11.1. The zero-order valence-electron chi connectivity index (χ0n) is 11.4. The fraction of sp³-hybridized carbons (Fsp3) is 0.267. The quantitative estimate of drug-likeness (QED) is 0.783. The van der Waals surface area contributed by atoms with E-state index in [1.165, 1.54) is 0 Å². The number of thiazole rings is 1. The molecule has 0 aliphatic heterocycles. The third kappa shape index (κ3) is 2.42. The van der Waals surface area contributed by atoms with Crippen molar-refractivity contribution in [3.63, 3.8) is 0 Å². The lowest BCUT2D eigenvalue weighted by molar-refractivity contribution is 0.317. The molecule has 5 heteroatoms. The van der Waals surface area contributed by atoms with Crippen LogP contribution in [0.5, 0.6) is 5.75 Å². The van der Waals surface area contributed by atoms with Crippen LogP contribution >= 0.6 is 11.3 Å². The molecule has 0 bridgehead atoms. The molecule has 2 aromatic heterocycles. The molecule has 0 spiro atoms. The van der Waals surface area contributed by atoms with Crippen molar-refractivity contribution in [2.75, 3.05) is 6.61 Å². The molecule has 0 aliphatic carbocycles. The van der Waals surface area contributed by atoms with Crippen LogP contribution in [0.4, 0.5) is 0 Å². The monoisotopic (exact) mass is 287 g/mol. The number of nitrogens with zero attached hydrogens (tertiary/aromatic N) is 2. The van der Waals surface area contributed by atoms with Crippen LogP contribution in [0.15, 0.2) is 35.8 Å². The van der Waals surface area contributed by atoms with Gasteiger partial charge in [-0.25, -0.2) is 4.98 Å². The lowest BCUT2D eigenvalue weighted by Gasteiger charge is -2.05. The number of ether oxygens (including phenoxy) is 1. The number of imidazole rings is 1. The Labute approximate surface area is 121 Å². The molecule has 2 heterocycles. The SMILES string of the molecule is CCCOc1ccc(-c2csc3nc(CN)cn23)cc1. The Balaban J connectivity index is 1.91. The first-order chi connectivity index (χ1) is 9.81. The Morgan fingerprint density at radius 3 is 2.80 bits per heavy atom. The van der Waals surface area contributed by atoms with Crippen LogP contribution in [0.2, 0.25) is 0 Å². The summed E-state index contributed by atoms with van der Waals surface area (Å²) in [6.45, 7) is 3.32. The van der Waals surface area contributed by atoms with Gasteiger partial charge in [0, 0.05) is 18.1 Å².